The quantitative estimate of drug-likeness (QED) is 0.530. The van der Waals surface area contributed by atoms with Gasteiger partial charge in [-0.05, 0) is 50.1 Å². The second kappa shape index (κ2) is 9.43. The molecule has 7 heteroatoms. The first-order valence-electron chi connectivity index (χ1n) is 9.25. The van der Waals surface area contributed by atoms with E-state index in [-0.39, 0.29) is 18.2 Å². The van der Waals surface area contributed by atoms with Crippen molar-refractivity contribution in [3.63, 3.8) is 0 Å². The molecule has 0 unspecified atom stereocenters. The van der Waals surface area contributed by atoms with Crippen molar-refractivity contribution in [2.24, 2.45) is 0 Å². The van der Waals surface area contributed by atoms with Crippen molar-refractivity contribution >= 4 is 28.3 Å². The van der Waals surface area contributed by atoms with Crippen LogP contribution in [-0.2, 0) is 11.2 Å². The number of amides is 1. The highest BCUT2D eigenvalue weighted by atomic mass is 32.1. The lowest BCUT2D eigenvalue weighted by Gasteiger charge is -2.20. The topological polar surface area (TPSA) is 59.5 Å². The van der Waals surface area contributed by atoms with Gasteiger partial charge in [-0.25, -0.2) is 14.2 Å². The number of carbonyl (C=O) groups is 2. The van der Waals surface area contributed by atoms with Gasteiger partial charge in [0.25, 0.3) is 5.91 Å². The summed E-state index contributed by atoms with van der Waals surface area (Å²) in [4.78, 5) is 31.9. The molecule has 0 atom stereocenters. The minimum absolute atomic E-state index is 0.212. The maximum absolute atomic E-state index is 13.3. The molecule has 150 valence electrons. The Hall–Kier alpha value is -3.06. The summed E-state index contributed by atoms with van der Waals surface area (Å²) in [7, 11) is 0. The lowest BCUT2D eigenvalue weighted by Crippen LogP contribution is -2.33. The maximum Gasteiger partial charge on any atom is 0.358 e. The van der Waals surface area contributed by atoms with Gasteiger partial charge in [0.2, 0.25) is 0 Å². The fourth-order valence-electron chi connectivity index (χ4n) is 2.80. The fourth-order valence-corrected chi connectivity index (χ4v) is 3.73. The summed E-state index contributed by atoms with van der Waals surface area (Å²) in [6, 6.07) is 15.2. The number of rotatable bonds is 7. The third-order valence-corrected chi connectivity index (χ3v) is 5.28. The molecule has 0 aliphatic rings. The number of esters is 1. The SMILES string of the molecule is CCOC(=O)c1nc(N(CCc2ccccc2)C(=O)c2ccc(F)cc2)sc1C. The lowest BCUT2D eigenvalue weighted by molar-refractivity contribution is 0.0519. The molecule has 0 N–H and O–H groups in total. The second-order valence-corrected chi connectivity index (χ2v) is 7.50. The number of benzene rings is 2. The maximum atomic E-state index is 13.3. The Kier molecular flexibility index (Phi) is 6.72. The zero-order chi connectivity index (χ0) is 20.8. The third-order valence-electron chi connectivity index (χ3n) is 4.29. The number of hydrogen-bond donors (Lipinski definition) is 0. The molecule has 0 bridgehead atoms. The van der Waals surface area contributed by atoms with E-state index in [1.807, 2.05) is 30.3 Å². The van der Waals surface area contributed by atoms with Crippen molar-refractivity contribution in [3.05, 3.63) is 82.1 Å². The number of halogens is 1. The van der Waals surface area contributed by atoms with E-state index in [0.29, 0.717) is 28.5 Å². The molecular weight excluding hydrogens is 391 g/mol. The van der Waals surface area contributed by atoms with Crippen molar-refractivity contribution in [1.29, 1.82) is 0 Å². The van der Waals surface area contributed by atoms with Gasteiger partial charge in [-0.3, -0.25) is 9.69 Å². The number of aromatic nitrogens is 1. The molecule has 0 aliphatic heterocycles. The van der Waals surface area contributed by atoms with Gasteiger partial charge in [0.1, 0.15) is 5.82 Å². The minimum atomic E-state index is -0.509. The summed E-state index contributed by atoms with van der Waals surface area (Å²) in [5, 5.41) is 0.413. The summed E-state index contributed by atoms with van der Waals surface area (Å²) >= 11 is 1.26. The Morgan fingerprint density at radius 1 is 1.10 bits per heavy atom. The lowest BCUT2D eigenvalue weighted by atomic mass is 10.1. The van der Waals surface area contributed by atoms with Crippen LogP contribution in [0.2, 0.25) is 0 Å². The van der Waals surface area contributed by atoms with E-state index in [2.05, 4.69) is 4.98 Å². The number of aryl methyl sites for hydroxylation is 1. The van der Waals surface area contributed by atoms with Crippen LogP contribution in [0.1, 0.15) is 38.2 Å². The first kappa shape index (κ1) is 20.7. The number of thiazole rings is 1. The van der Waals surface area contributed by atoms with E-state index in [4.69, 9.17) is 4.74 Å². The van der Waals surface area contributed by atoms with Crippen LogP contribution in [0.3, 0.4) is 0 Å². The number of nitrogens with zero attached hydrogens (tertiary/aromatic N) is 2. The molecular formula is C22H21FN2O3S. The summed E-state index contributed by atoms with van der Waals surface area (Å²) in [6.45, 7) is 4.11. The molecule has 5 nitrogen and oxygen atoms in total. The zero-order valence-corrected chi connectivity index (χ0v) is 17.0. The van der Waals surface area contributed by atoms with Crippen LogP contribution in [0.4, 0.5) is 9.52 Å². The molecule has 1 aromatic heterocycles. The molecule has 2 aromatic carbocycles. The normalized spacial score (nSPS) is 10.6. The Morgan fingerprint density at radius 2 is 1.79 bits per heavy atom. The Balaban J connectivity index is 1.91. The van der Waals surface area contributed by atoms with Crippen molar-refractivity contribution in [1.82, 2.24) is 4.98 Å². The molecule has 0 radical (unpaired) electrons. The van der Waals surface area contributed by atoms with Gasteiger partial charge in [0.05, 0.1) is 6.61 Å². The Morgan fingerprint density at radius 3 is 2.45 bits per heavy atom. The first-order chi connectivity index (χ1) is 14.0. The van der Waals surface area contributed by atoms with Crippen LogP contribution in [0, 0.1) is 12.7 Å². The van der Waals surface area contributed by atoms with Crippen molar-refractivity contribution in [3.8, 4) is 0 Å². The van der Waals surface area contributed by atoms with Gasteiger partial charge in [-0.2, -0.15) is 0 Å². The van der Waals surface area contributed by atoms with E-state index in [0.717, 1.165) is 5.56 Å². The molecule has 3 rings (SSSR count). The van der Waals surface area contributed by atoms with E-state index in [9.17, 15) is 14.0 Å². The van der Waals surface area contributed by atoms with Crippen LogP contribution in [0.5, 0.6) is 0 Å². The molecule has 29 heavy (non-hydrogen) atoms. The summed E-state index contributed by atoms with van der Waals surface area (Å²) < 4.78 is 18.3. The molecule has 1 amide bonds. The molecule has 3 aromatic rings. The van der Waals surface area contributed by atoms with Gasteiger partial charge < -0.3 is 4.74 Å². The van der Waals surface area contributed by atoms with Crippen LogP contribution in [0.15, 0.2) is 54.6 Å². The average molecular weight is 412 g/mol. The number of ether oxygens (including phenoxy) is 1. The monoisotopic (exact) mass is 412 g/mol. The van der Waals surface area contributed by atoms with Crippen LogP contribution < -0.4 is 4.90 Å². The number of carbonyl (C=O) groups excluding carboxylic acids is 2. The Labute approximate surface area is 172 Å². The largest absolute Gasteiger partial charge is 0.461 e. The highest BCUT2D eigenvalue weighted by molar-refractivity contribution is 7.16. The summed E-state index contributed by atoms with van der Waals surface area (Å²) in [5.41, 5.74) is 1.64. The van der Waals surface area contributed by atoms with Gasteiger partial charge in [-0.15, -0.1) is 11.3 Å². The second-order valence-electron chi connectivity index (χ2n) is 6.32. The van der Waals surface area contributed by atoms with Gasteiger partial charge in [0, 0.05) is 17.0 Å². The third kappa shape index (κ3) is 5.06. The van der Waals surface area contributed by atoms with E-state index < -0.39 is 11.8 Å². The highest BCUT2D eigenvalue weighted by Crippen LogP contribution is 2.28. The van der Waals surface area contributed by atoms with Gasteiger partial charge in [-0.1, -0.05) is 30.3 Å². The van der Waals surface area contributed by atoms with Crippen LogP contribution in [-0.4, -0.2) is 30.0 Å². The van der Waals surface area contributed by atoms with Crippen molar-refractivity contribution in [2.45, 2.75) is 20.3 Å². The zero-order valence-electron chi connectivity index (χ0n) is 16.2. The number of anilines is 1. The molecule has 0 saturated heterocycles. The average Bonchev–Trinajstić information content (AvgIpc) is 3.11. The molecule has 0 saturated carbocycles. The van der Waals surface area contributed by atoms with Gasteiger partial charge in [0.15, 0.2) is 10.8 Å². The van der Waals surface area contributed by atoms with E-state index in [1.54, 1.807) is 13.8 Å². The first-order valence-corrected chi connectivity index (χ1v) is 10.1. The predicted molar refractivity (Wildman–Crippen MR) is 111 cm³/mol. The molecule has 0 spiro atoms. The van der Waals surface area contributed by atoms with E-state index >= 15 is 0 Å². The summed E-state index contributed by atoms with van der Waals surface area (Å²) in [5.74, 6) is -1.22. The van der Waals surface area contributed by atoms with E-state index in [1.165, 1.54) is 40.5 Å². The highest BCUT2D eigenvalue weighted by Gasteiger charge is 2.24. The Bertz CT molecular complexity index is 987. The number of hydrogen-bond acceptors (Lipinski definition) is 5. The van der Waals surface area contributed by atoms with Crippen molar-refractivity contribution < 1.29 is 18.7 Å². The summed E-state index contributed by atoms with van der Waals surface area (Å²) in [6.07, 6.45) is 0.612. The minimum Gasteiger partial charge on any atom is -0.461 e. The fraction of sp³-hybridized carbons (Fsp3) is 0.227. The van der Waals surface area contributed by atoms with Crippen molar-refractivity contribution in [2.75, 3.05) is 18.1 Å². The van der Waals surface area contributed by atoms with Gasteiger partial charge >= 0.3 is 5.97 Å². The predicted octanol–water partition coefficient (Wildman–Crippen LogP) is 4.66. The molecule has 0 fully saturated rings. The van der Waals surface area contributed by atoms with Crippen LogP contribution >= 0.6 is 11.3 Å². The molecule has 1 heterocycles. The van der Waals surface area contributed by atoms with Crippen LogP contribution in [0.25, 0.3) is 0 Å². The smallest absolute Gasteiger partial charge is 0.358 e. The molecule has 0 aliphatic carbocycles. The standard InChI is InChI=1S/C22H21FN2O3S/c1-3-28-21(27)19-15(2)29-22(24-19)25(14-13-16-7-5-4-6-8-16)20(26)17-9-11-18(23)12-10-17/h4-12H,3,13-14H2,1-2H3.